The van der Waals surface area contributed by atoms with Crippen LogP contribution in [0.3, 0.4) is 0 Å². The molecule has 1 aromatic carbocycles. The quantitative estimate of drug-likeness (QED) is 0.816. The van der Waals surface area contributed by atoms with Crippen molar-refractivity contribution < 1.29 is 4.74 Å². The van der Waals surface area contributed by atoms with Crippen LogP contribution in [-0.2, 0) is 4.74 Å². The number of ether oxygens (including phenoxy) is 1. The Balaban J connectivity index is 2.18. The third-order valence-corrected chi connectivity index (χ3v) is 3.79. The lowest BCUT2D eigenvalue weighted by molar-refractivity contribution is 0.112. The van der Waals surface area contributed by atoms with E-state index in [1.165, 1.54) is 0 Å². The summed E-state index contributed by atoms with van der Waals surface area (Å²) in [6.07, 6.45) is 0. The van der Waals surface area contributed by atoms with E-state index in [0.29, 0.717) is 5.92 Å². The van der Waals surface area contributed by atoms with Gasteiger partial charge in [0, 0.05) is 26.1 Å². The van der Waals surface area contributed by atoms with Gasteiger partial charge in [0.15, 0.2) is 0 Å². The fourth-order valence-corrected chi connectivity index (χ4v) is 2.64. The molecule has 0 aromatic heterocycles. The van der Waals surface area contributed by atoms with Crippen molar-refractivity contribution in [3.8, 4) is 0 Å². The van der Waals surface area contributed by atoms with Gasteiger partial charge in [0.1, 0.15) is 0 Å². The molecule has 2 rings (SSSR count). The Labute approximate surface area is 104 Å². The first-order valence-corrected chi connectivity index (χ1v) is 6.13. The summed E-state index contributed by atoms with van der Waals surface area (Å²) < 4.78 is 5.32. The van der Waals surface area contributed by atoms with Gasteiger partial charge in [-0.1, -0.05) is 26.0 Å². The molecule has 1 aliphatic rings. The Hall–Kier alpha value is -1.22. The van der Waals surface area contributed by atoms with Crippen LogP contribution in [0, 0.1) is 11.3 Å². The number of para-hydroxylation sites is 2. The number of hydrogen-bond donors (Lipinski definition) is 1. The van der Waals surface area contributed by atoms with E-state index in [1.807, 2.05) is 18.2 Å². The molecule has 1 heterocycles. The fourth-order valence-electron chi connectivity index (χ4n) is 2.64. The molecule has 0 spiro atoms. The Morgan fingerprint density at radius 3 is 2.76 bits per heavy atom. The van der Waals surface area contributed by atoms with Crippen molar-refractivity contribution in [1.82, 2.24) is 0 Å². The minimum atomic E-state index is 0.276. The molecule has 0 radical (unpaired) electrons. The fraction of sp³-hybridized carbons (Fsp3) is 0.571. The summed E-state index contributed by atoms with van der Waals surface area (Å²) >= 11 is 0. The maximum Gasteiger partial charge on any atom is 0.0600 e. The van der Waals surface area contributed by atoms with Gasteiger partial charge in [0.25, 0.3) is 0 Å². The first-order chi connectivity index (χ1) is 8.04. The van der Waals surface area contributed by atoms with Crippen LogP contribution in [0.1, 0.15) is 13.8 Å². The lowest BCUT2D eigenvalue weighted by Gasteiger charge is -2.24. The second-order valence-electron chi connectivity index (χ2n) is 5.58. The molecule has 0 amide bonds. The molecule has 1 fully saturated rings. The van der Waals surface area contributed by atoms with Crippen LogP contribution in [0.15, 0.2) is 24.3 Å². The van der Waals surface area contributed by atoms with Gasteiger partial charge in [0.05, 0.1) is 18.0 Å². The van der Waals surface area contributed by atoms with Crippen LogP contribution in [0.25, 0.3) is 0 Å². The maximum atomic E-state index is 6.04. The van der Waals surface area contributed by atoms with E-state index in [1.54, 1.807) is 7.11 Å². The molecular formula is C14H22N2O. The van der Waals surface area contributed by atoms with Crippen LogP contribution in [0.2, 0.25) is 0 Å². The monoisotopic (exact) mass is 234 g/mol. The number of benzene rings is 1. The molecule has 0 aliphatic carbocycles. The number of methoxy groups -OCH3 is 1. The van der Waals surface area contributed by atoms with E-state index in [2.05, 4.69) is 24.8 Å². The van der Waals surface area contributed by atoms with Gasteiger partial charge in [-0.25, -0.2) is 0 Å². The second kappa shape index (κ2) is 4.57. The highest BCUT2D eigenvalue weighted by molar-refractivity contribution is 5.67. The van der Waals surface area contributed by atoms with Crippen molar-refractivity contribution in [2.75, 3.05) is 37.4 Å². The molecule has 3 heteroatoms. The number of nitrogens with two attached hydrogens (primary N) is 1. The summed E-state index contributed by atoms with van der Waals surface area (Å²) in [7, 11) is 1.77. The summed E-state index contributed by atoms with van der Waals surface area (Å²) in [5.41, 5.74) is 8.33. The molecule has 0 unspecified atom stereocenters. The summed E-state index contributed by atoms with van der Waals surface area (Å²) in [5, 5.41) is 0. The van der Waals surface area contributed by atoms with Crippen LogP contribution < -0.4 is 10.6 Å². The summed E-state index contributed by atoms with van der Waals surface area (Å²) in [6, 6.07) is 8.08. The first-order valence-electron chi connectivity index (χ1n) is 6.13. The van der Waals surface area contributed by atoms with Gasteiger partial charge < -0.3 is 15.4 Å². The molecule has 0 saturated carbocycles. The highest BCUT2D eigenvalue weighted by Crippen LogP contribution is 2.39. The standard InChI is InChI=1S/C14H22N2O/c1-14(2)10-16(8-11(14)9-17-3)13-7-5-4-6-12(13)15/h4-7,11H,8-10,15H2,1-3H3/t11-/m1/s1. The van der Waals surface area contributed by atoms with Crippen molar-refractivity contribution in [2.24, 2.45) is 11.3 Å². The third-order valence-electron chi connectivity index (χ3n) is 3.79. The van der Waals surface area contributed by atoms with Gasteiger partial charge in [-0.15, -0.1) is 0 Å². The topological polar surface area (TPSA) is 38.5 Å². The molecular weight excluding hydrogens is 212 g/mol. The predicted octanol–water partition coefficient (Wildman–Crippen LogP) is 2.38. The average Bonchev–Trinajstić information content (AvgIpc) is 2.56. The Morgan fingerprint density at radius 1 is 1.41 bits per heavy atom. The zero-order valence-electron chi connectivity index (χ0n) is 10.9. The predicted molar refractivity (Wildman–Crippen MR) is 72.2 cm³/mol. The molecule has 94 valence electrons. The normalized spacial score (nSPS) is 23.0. The molecule has 17 heavy (non-hydrogen) atoms. The number of hydrogen-bond acceptors (Lipinski definition) is 3. The molecule has 1 aromatic rings. The Kier molecular flexibility index (Phi) is 3.29. The van der Waals surface area contributed by atoms with E-state index in [9.17, 15) is 0 Å². The largest absolute Gasteiger partial charge is 0.397 e. The highest BCUT2D eigenvalue weighted by atomic mass is 16.5. The minimum absolute atomic E-state index is 0.276. The van der Waals surface area contributed by atoms with Gasteiger partial charge in [0.2, 0.25) is 0 Å². The number of rotatable bonds is 3. The van der Waals surface area contributed by atoms with E-state index in [4.69, 9.17) is 10.5 Å². The van der Waals surface area contributed by atoms with Gasteiger partial charge in [-0.3, -0.25) is 0 Å². The minimum Gasteiger partial charge on any atom is -0.397 e. The zero-order chi connectivity index (χ0) is 12.5. The van der Waals surface area contributed by atoms with Crippen molar-refractivity contribution in [3.63, 3.8) is 0 Å². The van der Waals surface area contributed by atoms with Crippen LogP contribution in [-0.4, -0.2) is 26.8 Å². The Morgan fingerprint density at radius 2 is 2.12 bits per heavy atom. The third kappa shape index (κ3) is 2.39. The second-order valence-corrected chi connectivity index (χ2v) is 5.58. The first kappa shape index (κ1) is 12.2. The van der Waals surface area contributed by atoms with Crippen molar-refractivity contribution in [2.45, 2.75) is 13.8 Å². The van der Waals surface area contributed by atoms with Crippen molar-refractivity contribution in [3.05, 3.63) is 24.3 Å². The lowest BCUT2D eigenvalue weighted by Crippen LogP contribution is -2.25. The van der Waals surface area contributed by atoms with Crippen molar-refractivity contribution in [1.29, 1.82) is 0 Å². The molecule has 1 aliphatic heterocycles. The summed E-state index contributed by atoms with van der Waals surface area (Å²) in [6.45, 7) is 7.48. The number of nitrogens with zero attached hydrogens (tertiary/aromatic N) is 1. The lowest BCUT2D eigenvalue weighted by atomic mass is 9.83. The molecule has 3 nitrogen and oxygen atoms in total. The average molecular weight is 234 g/mol. The van der Waals surface area contributed by atoms with E-state index >= 15 is 0 Å². The number of anilines is 2. The smallest absolute Gasteiger partial charge is 0.0600 e. The molecule has 1 saturated heterocycles. The maximum absolute atomic E-state index is 6.04. The molecule has 0 bridgehead atoms. The van der Waals surface area contributed by atoms with E-state index in [-0.39, 0.29) is 5.41 Å². The van der Waals surface area contributed by atoms with Crippen LogP contribution >= 0.6 is 0 Å². The van der Waals surface area contributed by atoms with Crippen LogP contribution in [0.5, 0.6) is 0 Å². The summed E-state index contributed by atoms with van der Waals surface area (Å²) in [4.78, 5) is 2.37. The van der Waals surface area contributed by atoms with Gasteiger partial charge in [-0.05, 0) is 17.5 Å². The highest BCUT2D eigenvalue weighted by Gasteiger charge is 2.39. The van der Waals surface area contributed by atoms with Gasteiger partial charge >= 0.3 is 0 Å². The molecule has 2 N–H and O–H groups in total. The van der Waals surface area contributed by atoms with Crippen molar-refractivity contribution >= 4 is 11.4 Å². The van der Waals surface area contributed by atoms with Gasteiger partial charge in [-0.2, -0.15) is 0 Å². The van der Waals surface area contributed by atoms with E-state index in [0.717, 1.165) is 31.1 Å². The zero-order valence-corrected chi connectivity index (χ0v) is 10.9. The summed E-state index contributed by atoms with van der Waals surface area (Å²) in [5.74, 6) is 0.562. The number of nitrogen functional groups attached to an aromatic ring is 1. The molecule has 1 atom stereocenters. The van der Waals surface area contributed by atoms with Crippen LogP contribution in [0.4, 0.5) is 11.4 Å². The van der Waals surface area contributed by atoms with E-state index < -0.39 is 0 Å². The Bertz CT molecular complexity index is 390. The SMILES string of the molecule is COC[C@H]1CN(c2ccccc2N)CC1(C)C.